The third-order valence-electron chi connectivity index (χ3n) is 4.55. The second-order valence-corrected chi connectivity index (χ2v) is 7.81. The Morgan fingerprint density at radius 2 is 2.23 bits per heavy atom. The van der Waals surface area contributed by atoms with E-state index in [2.05, 4.69) is 31.7 Å². The SMILES string of the molecule is Cc1cc(CSc2nnc(N3CCCC(C)C3)n2Cc2ccco2)on1. The summed E-state index contributed by atoms with van der Waals surface area (Å²) >= 11 is 1.61. The predicted molar refractivity (Wildman–Crippen MR) is 99.2 cm³/mol. The van der Waals surface area contributed by atoms with E-state index in [9.17, 15) is 0 Å². The van der Waals surface area contributed by atoms with Gasteiger partial charge in [-0.1, -0.05) is 23.8 Å². The van der Waals surface area contributed by atoms with Crippen molar-refractivity contribution >= 4 is 17.7 Å². The van der Waals surface area contributed by atoms with Crippen LogP contribution in [0.2, 0.25) is 0 Å². The number of aromatic nitrogens is 4. The average molecular weight is 373 g/mol. The molecule has 1 unspecified atom stereocenters. The molecule has 8 heteroatoms. The molecule has 1 saturated heterocycles. The fourth-order valence-electron chi connectivity index (χ4n) is 3.31. The van der Waals surface area contributed by atoms with Crippen LogP contribution in [0.25, 0.3) is 0 Å². The highest BCUT2D eigenvalue weighted by Crippen LogP contribution is 2.28. The fraction of sp³-hybridized carbons (Fsp3) is 0.500. The van der Waals surface area contributed by atoms with E-state index < -0.39 is 0 Å². The van der Waals surface area contributed by atoms with Gasteiger partial charge in [-0.2, -0.15) is 0 Å². The molecule has 3 aromatic heterocycles. The number of hydrogen-bond acceptors (Lipinski definition) is 7. The summed E-state index contributed by atoms with van der Waals surface area (Å²) in [5.41, 5.74) is 0.889. The van der Waals surface area contributed by atoms with E-state index in [-0.39, 0.29) is 0 Å². The van der Waals surface area contributed by atoms with Crippen LogP contribution < -0.4 is 4.90 Å². The Morgan fingerprint density at radius 3 is 2.96 bits per heavy atom. The van der Waals surface area contributed by atoms with Crippen molar-refractivity contribution in [2.24, 2.45) is 5.92 Å². The van der Waals surface area contributed by atoms with E-state index in [1.807, 2.05) is 25.1 Å². The minimum Gasteiger partial charge on any atom is -0.467 e. The van der Waals surface area contributed by atoms with Crippen molar-refractivity contribution < 1.29 is 8.94 Å². The van der Waals surface area contributed by atoms with Gasteiger partial charge >= 0.3 is 0 Å². The third kappa shape index (κ3) is 3.80. The zero-order valence-corrected chi connectivity index (χ0v) is 15.9. The molecular formula is C18H23N5O2S. The van der Waals surface area contributed by atoms with Crippen molar-refractivity contribution in [2.45, 2.75) is 44.1 Å². The van der Waals surface area contributed by atoms with E-state index in [1.54, 1.807) is 18.0 Å². The lowest BCUT2D eigenvalue weighted by Crippen LogP contribution is -2.36. The van der Waals surface area contributed by atoms with Crippen LogP contribution in [-0.2, 0) is 12.3 Å². The number of rotatable bonds is 6. The Balaban J connectivity index is 1.58. The zero-order valence-electron chi connectivity index (χ0n) is 15.1. The smallest absolute Gasteiger partial charge is 0.228 e. The molecule has 0 radical (unpaired) electrons. The molecule has 0 amide bonds. The Bertz CT molecular complexity index is 842. The van der Waals surface area contributed by atoms with Crippen molar-refractivity contribution in [3.05, 3.63) is 41.7 Å². The lowest BCUT2D eigenvalue weighted by Gasteiger charge is -2.31. The first kappa shape index (κ1) is 17.2. The quantitative estimate of drug-likeness (QED) is 0.609. The first-order chi connectivity index (χ1) is 12.7. The third-order valence-corrected chi connectivity index (χ3v) is 5.54. The normalized spacial score (nSPS) is 17.8. The molecule has 1 atom stereocenters. The lowest BCUT2D eigenvalue weighted by atomic mass is 10.0. The largest absolute Gasteiger partial charge is 0.467 e. The van der Waals surface area contributed by atoms with Gasteiger partial charge in [-0.3, -0.25) is 4.57 Å². The van der Waals surface area contributed by atoms with Gasteiger partial charge in [0.1, 0.15) is 11.5 Å². The Hall–Kier alpha value is -2.22. The first-order valence-corrected chi connectivity index (χ1v) is 9.93. The van der Waals surface area contributed by atoms with E-state index >= 15 is 0 Å². The van der Waals surface area contributed by atoms with Gasteiger partial charge in [-0.25, -0.2) is 0 Å². The van der Waals surface area contributed by atoms with Crippen LogP contribution in [0.4, 0.5) is 5.95 Å². The standard InChI is InChI=1S/C18H23N5O2S/c1-13-5-3-7-22(10-13)17-19-20-18(23(17)11-15-6-4-8-24-15)26-12-16-9-14(2)21-25-16/h4,6,8-9,13H,3,5,7,10-12H2,1-2H3. The Kier molecular flexibility index (Phi) is 5.01. The van der Waals surface area contributed by atoms with Crippen LogP contribution in [0.3, 0.4) is 0 Å². The van der Waals surface area contributed by atoms with E-state index in [4.69, 9.17) is 8.94 Å². The van der Waals surface area contributed by atoms with Crippen molar-refractivity contribution in [3.63, 3.8) is 0 Å². The Morgan fingerprint density at radius 1 is 1.31 bits per heavy atom. The van der Waals surface area contributed by atoms with Crippen LogP contribution in [0, 0.1) is 12.8 Å². The zero-order chi connectivity index (χ0) is 17.9. The van der Waals surface area contributed by atoms with Gasteiger partial charge in [0.25, 0.3) is 0 Å². The summed E-state index contributed by atoms with van der Waals surface area (Å²) in [7, 11) is 0. The molecule has 4 heterocycles. The second kappa shape index (κ2) is 7.57. The summed E-state index contributed by atoms with van der Waals surface area (Å²) in [6.07, 6.45) is 4.16. The summed E-state index contributed by atoms with van der Waals surface area (Å²) < 4.78 is 13.0. The van der Waals surface area contributed by atoms with Crippen LogP contribution in [0.1, 0.15) is 37.0 Å². The molecule has 1 aliphatic heterocycles. The van der Waals surface area contributed by atoms with Crippen LogP contribution in [-0.4, -0.2) is 33.0 Å². The highest BCUT2D eigenvalue weighted by atomic mass is 32.2. The van der Waals surface area contributed by atoms with E-state index in [0.29, 0.717) is 18.2 Å². The van der Waals surface area contributed by atoms with Crippen molar-refractivity contribution in [2.75, 3.05) is 18.0 Å². The topological polar surface area (TPSA) is 73.1 Å². The molecule has 4 rings (SSSR count). The number of furan rings is 1. The summed E-state index contributed by atoms with van der Waals surface area (Å²) in [5.74, 6) is 4.00. The van der Waals surface area contributed by atoms with Gasteiger partial charge < -0.3 is 13.8 Å². The van der Waals surface area contributed by atoms with Crippen molar-refractivity contribution in [1.82, 2.24) is 19.9 Å². The van der Waals surface area contributed by atoms with E-state index in [1.165, 1.54) is 12.8 Å². The van der Waals surface area contributed by atoms with Crippen molar-refractivity contribution in [1.29, 1.82) is 0 Å². The maximum Gasteiger partial charge on any atom is 0.228 e. The van der Waals surface area contributed by atoms with Crippen LogP contribution in [0.15, 0.2) is 38.6 Å². The van der Waals surface area contributed by atoms with Gasteiger partial charge in [0, 0.05) is 19.2 Å². The van der Waals surface area contributed by atoms with E-state index in [0.717, 1.165) is 41.4 Å². The predicted octanol–water partition coefficient (Wildman–Crippen LogP) is 3.74. The Labute approximate surface area is 156 Å². The number of aryl methyl sites for hydroxylation is 1. The fourth-order valence-corrected chi connectivity index (χ4v) is 4.12. The molecule has 1 fully saturated rings. The second-order valence-electron chi connectivity index (χ2n) is 6.86. The lowest BCUT2D eigenvalue weighted by molar-refractivity contribution is 0.391. The summed E-state index contributed by atoms with van der Waals surface area (Å²) in [4.78, 5) is 2.34. The molecule has 26 heavy (non-hydrogen) atoms. The van der Waals surface area contributed by atoms with Gasteiger partial charge in [-0.05, 0) is 37.8 Å². The molecule has 0 saturated carbocycles. The monoisotopic (exact) mass is 373 g/mol. The molecule has 1 aliphatic rings. The van der Waals surface area contributed by atoms with Gasteiger partial charge in [0.05, 0.1) is 24.3 Å². The molecule has 0 aromatic carbocycles. The number of piperidine rings is 1. The van der Waals surface area contributed by atoms with Gasteiger partial charge in [0.15, 0.2) is 5.16 Å². The highest BCUT2D eigenvalue weighted by molar-refractivity contribution is 7.98. The number of nitrogens with zero attached hydrogens (tertiary/aromatic N) is 5. The molecule has 0 N–H and O–H groups in total. The number of hydrogen-bond donors (Lipinski definition) is 0. The molecule has 0 aliphatic carbocycles. The summed E-state index contributed by atoms with van der Waals surface area (Å²) in [6, 6.07) is 5.84. The highest BCUT2D eigenvalue weighted by Gasteiger charge is 2.24. The minimum atomic E-state index is 0.623. The van der Waals surface area contributed by atoms with Crippen LogP contribution >= 0.6 is 11.8 Å². The molecule has 3 aromatic rings. The molecule has 7 nitrogen and oxygen atoms in total. The van der Waals surface area contributed by atoms with Gasteiger partial charge in [-0.15, -0.1) is 10.2 Å². The molecule has 138 valence electrons. The number of thioether (sulfide) groups is 1. The molecular weight excluding hydrogens is 350 g/mol. The van der Waals surface area contributed by atoms with Crippen LogP contribution in [0.5, 0.6) is 0 Å². The molecule has 0 spiro atoms. The minimum absolute atomic E-state index is 0.623. The number of anilines is 1. The summed E-state index contributed by atoms with van der Waals surface area (Å²) in [6.45, 7) is 6.88. The maximum absolute atomic E-state index is 5.56. The molecule has 0 bridgehead atoms. The summed E-state index contributed by atoms with van der Waals surface area (Å²) in [5, 5.41) is 13.8. The van der Waals surface area contributed by atoms with Crippen molar-refractivity contribution in [3.8, 4) is 0 Å². The van der Waals surface area contributed by atoms with Gasteiger partial charge in [0.2, 0.25) is 5.95 Å². The first-order valence-electron chi connectivity index (χ1n) is 8.94. The maximum atomic E-state index is 5.56. The average Bonchev–Trinajstić information content (AvgIpc) is 3.36.